The molecule has 0 aliphatic heterocycles. The van der Waals surface area contributed by atoms with E-state index in [1.807, 2.05) is 13.8 Å². The van der Waals surface area contributed by atoms with E-state index in [0.717, 1.165) is 12.1 Å². The van der Waals surface area contributed by atoms with Crippen LogP contribution >= 0.6 is 0 Å². The van der Waals surface area contributed by atoms with E-state index in [1.165, 1.54) is 6.07 Å². The highest BCUT2D eigenvalue weighted by Crippen LogP contribution is 2.22. The van der Waals surface area contributed by atoms with Gasteiger partial charge < -0.3 is 15.2 Å². The Hall–Kier alpha value is -1.73. The summed E-state index contributed by atoms with van der Waals surface area (Å²) in [5, 5.41) is 23.0. The lowest BCUT2D eigenvalue weighted by Crippen LogP contribution is -2.35. The van der Waals surface area contributed by atoms with Gasteiger partial charge in [0, 0.05) is 24.7 Å². The number of hydrogen-bond donors (Lipinski definition) is 2. The molecule has 1 unspecified atom stereocenters. The molecule has 1 aromatic rings. The largest absolute Gasteiger partial charge is 0.491 e. The van der Waals surface area contributed by atoms with Crippen LogP contribution in [0.2, 0.25) is 0 Å². The number of aliphatic hydroxyl groups is 1. The second-order valence-electron chi connectivity index (χ2n) is 4.40. The Balaban J connectivity index is 2.50. The minimum atomic E-state index is -0.961. The van der Waals surface area contributed by atoms with Crippen LogP contribution in [-0.2, 0) is 0 Å². The summed E-state index contributed by atoms with van der Waals surface area (Å²) < 4.78 is 18.4. The molecule has 19 heavy (non-hydrogen) atoms. The molecular formula is C12H17FN2O4. The molecule has 1 rings (SSSR count). The number of benzene rings is 1. The summed E-state index contributed by atoms with van der Waals surface area (Å²) in [7, 11) is 0. The Morgan fingerprint density at radius 2 is 2.21 bits per heavy atom. The van der Waals surface area contributed by atoms with Gasteiger partial charge in [0.1, 0.15) is 18.5 Å². The molecule has 0 bridgehead atoms. The van der Waals surface area contributed by atoms with E-state index in [4.69, 9.17) is 4.74 Å². The molecule has 106 valence electrons. The lowest BCUT2D eigenvalue weighted by Gasteiger charge is -2.14. The topological polar surface area (TPSA) is 84.6 Å². The first-order valence-electron chi connectivity index (χ1n) is 5.88. The maximum Gasteiger partial charge on any atom is 0.305 e. The SMILES string of the molecule is CC(C)NCC(O)COc1ccc([N+](=O)[O-])c(F)c1. The number of rotatable bonds is 7. The maximum absolute atomic E-state index is 13.3. The van der Waals surface area contributed by atoms with E-state index in [1.54, 1.807) is 0 Å². The van der Waals surface area contributed by atoms with Crippen molar-refractivity contribution in [3.63, 3.8) is 0 Å². The molecule has 2 N–H and O–H groups in total. The van der Waals surface area contributed by atoms with Crippen LogP contribution in [0.5, 0.6) is 5.75 Å². The third kappa shape index (κ3) is 5.19. The Morgan fingerprint density at radius 1 is 1.53 bits per heavy atom. The zero-order valence-corrected chi connectivity index (χ0v) is 10.8. The summed E-state index contributed by atoms with van der Waals surface area (Å²) in [6.45, 7) is 4.22. The van der Waals surface area contributed by atoms with E-state index in [-0.39, 0.29) is 18.4 Å². The molecule has 1 aromatic carbocycles. The minimum absolute atomic E-state index is 0.0169. The smallest absolute Gasteiger partial charge is 0.305 e. The summed E-state index contributed by atoms with van der Waals surface area (Å²) in [4.78, 5) is 9.62. The van der Waals surface area contributed by atoms with Gasteiger partial charge in [0.25, 0.3) is 0 Å². The van der Waals surface area contributed by atoms with Crippen molar-refractivity contribution in [3.8, 4) is 5.75 Å². The fourth-order valence-electron chi connectivity index (χ4n) is 1.35. The summed E-state index contributed by atoms with van der Waals surface area (Å²) in [6, 6.07) is 3.50. The van der Waals surface area contributed by atoms with Crippen LogP contribution in [-0.4, -0.2) is 35.3 Å². The zero-order chi connectivity index (χ0) is 14.4. The number of nitrogens with zero attached hydrogens (tertiary/aromatic N) is 1. The third-order valence-electron chi connectivity index (χ3n) is 2.32. The average molecular weight is 272 g/mol. The molecule has 0 aliphatic rings. The van der Waals surface area contributed by atoms with Crippen molar-refractivity contribution in [3.05, 3.63) is 34.1 Å². The molecule has 0 aromatic heterocycles. The average Bonchev–Trinajstić information content (AvgIpc) is 2.33. The van der Waals surface area contributed by atoms with Crippen molar-refractivity contribution < 1.29 is 19.2 Å². The highest BCUT2D eigenvalue weighted by atomic mass is 19.1. The summed E-state index contributed by atoms with van der Waals surface area (Å²) in [5.74, 6) is -0.816. The normalized spacial score (nSPS) is 12.5. The Kier molecular flexibility index (Phi) is 5.65. The van der Waals surface area contributed by atoms with Gasteiger partial charge in [0.05, 0.1) is 4.92 Å². The number of halogens is 1. The molecule has 0 amide bonds. The van der Waals surface area contributed by atoms with Crippen molar-refractivity contribution in [2.75, 3.05) is 13.2 Å². The van der Waals surface area contributed by atoms with E-state index < -0.39 is 22.5 Å². The first kappa shape index (κ1) is 15.3. The Labute approximate surface area is 110 Å². The number of nitrogens with one attached hydrogen (secondary N) is 1. The van der Waals surface area contributed by atoms with Gasteiger partial charge in [-0.2, -0.15) is 4.39 Å². The molecule has 7 heteroatoms. The summed E-state index contributed by atoms with van der Waals surface area (Å²) in [5.41, 5.74) is -0.602. The first-order chi connectivity index (χ1) is 8.90. The van der Waals surface area contributed by atoms with Gasteiger partial charge in [-0.25, -0.2) is 0 Å². The second-order valence-corrected chi connectivity index (χ2v) is 4.40. The highest BCUT2D eigenvalue weighted by molar-refractivity contribution is 5.37. The fourth-order valence-corrected chi connectivity index (χ4v) is 1.35. The highest BCUT2D eigenvalue weighted by Gasteiger charge is 2.14. The van der Waals surface area contributed by atoms with Crippen LogP contribution in [0.1, 0.15) is 13.8 Å². The maximum atomic E-state index is 13.3. The fraction of sp³-hybridized carbons (Fsp3) is 0.500. The molecular weight excluding hydrogens is 255 g/mol. The lowest BCUT2D eigenvalue weighted by molar-refractivity contribution is -0.387. The first-order valence-corrected chi connectivity index (χ1v) is 5.88. The molecule has 0 saturated heterocycles. The van der Waals surface area contributed by atoms with Crippen LogP contribution in [0.4, 0.5) is 10.1 Å². The Morgan fingerprint density at radius 3 is 2.74 bits per heavy atom. The zero-order valence-electron chi connectivity index (χ0n) is 10.8. The van der Waals surface area contributed by atoms with Gasteiger partial charge in [0.15, 0.2) is 0 Å². The molecule has 0 radical (unpaired) electrons. The van der Waals surface area contributed by atoms with Crippen molar-refractivity contribution in [1.29, 1.82) is 0 Å². The van der Waals surface area contributed by atoms with Gasteiger partial charge in [0.2, 0.25) is 5.82 Å². The monoisotopic (exact) mass is 272 g/mol. The number of aliphatic hydroxyl groups excluding tert-OH is 1. The predicted octanol–water partition coefficient (Wildman–Crippen LogP) is 1.47. The van der Waals surface area contributed by atoms with Gasteiger partial charge >= 0.3 is 5.69 Å². The molecule has 0 fully saturated rings. The van der Waals surface area contributed by atoms with Gasteiger partial charge in [-0.15, -0.1) is 0 Å². The third-order valence-corrected chi connectivity index (χ3v) is 2.32. The van der Waals surface area contributed by atoms with Crippen molar-refractivity contribution in [2.45, 2.75) is 26.0 Å². The molecule has 0 aliphatic carbocycles. The van der Waals surface area contributed by atoms with Crippen molar-refractivity contribution in [2.24, 2.45) is 0 Å². The molecule has 0 spiro atoms. The number of ether oxygens (including phenoxy) is 1. The van der Waals surface area contributed by atoms with E-state index in [9.17, 15) is 19.6 Å². The second kappa shape index (κ2) is 7.01. The molecule has 1 atom stereocenters. The predicted molar refractivity (Wildman–Crippen MR) is 67.7 cm³/mol. The number of nitro benzene ring substituents is 1. The summed E-state index contributed by atoms with van der Waals surface area (Å²) >= 11 is 0. The minimum Gasteiger partial charge on any atom is -0.491 e. The quantitative estimate of drug-likeness (QED) is 0.580. The van der Waals surface area contributed by atoms with Gasteiger partial charge in [-0.05, 0) is 6.07 Å². The van der Waals surface area contributed by atoms with E-state index >= 15 is 0 Å². The number of hydrogen-bond acceptors (Lipinski definition) is 5. The lowest BCUT2D eigenvalue weighted by atomic mass is 10.3. The molecule has 6 nitrogen and oxygen atoms in total. The van der Waals surface area contributed by atoms with Crippen molar-refractivity contribution >= 4 is 5.69 Å². The number of nitro groups is 1. The van der Waals surface area contributed by atoms with Gasteiger partial charge in [-0.1, -0.05) is 13.8 Å². The van der Waals surface area contributed by atoms with Gasteiger partial charge in [-0.3, -0.25) is 10.1 Å². The standard InChI is InChI=1S/C12H17FN2O4/c1-8(2)14-6-9(16)7-19-10-3-4-12(15(17)18)11(13)5-10/h3-5,8-9,14,16H,6-7H2,1-2H3. The van der Waals surface area contributed by atoms with E-state index in [0.29, 0.717) is 6.54 Å². The molecule has 0 heterocycles. The Bertz CT molecular complexity index is 440. The van der Waals surface area contributed by atoms with Crippen LogP contribution in [0.15, 0.2) is 18.2 Å². The van der Waals surface area contributed by atoms with E-state index in [2.05, 4.69) is 5.32 Å². The molecule has 0 saturated carbocycles. The van der Waals surface area contributed by atoms with Crippen LogP contribution in [0.25, 0.3) is 0 Å². The van der Waals surface area contributed by atoms with Crippen molar-refractivity contribution in [1.82, 2.24) is 5.32 Å². The summed E-state index contributed by atoms with van der Waals surface area (Å²) in [6.07, 6.45) is -0.736. The van der Waals surface area contributed by atoms with Crippen LogP contribution in [0, 0.1) is 15.9 Å². The van der Waals surface area contributed by atoms with Crippen LogP contribution < -0.4 is 10.1 Å². The van der Waals surface area contributed by atoms with Crippen LogP contribution in [0.3, 0.4) is 0 Å².